The Hall–Kier alpha value is -5.54. The first-order valence-corrected chi connectivity index (χ1v) is 27.4. The van der Waals surface area contributed by atoms with Gasteiger partial charge >= 0.3 is 19.8 Å². The molecule has 3 aromatic carbocycles. The zero-order valence-corrected chi connectivity index (χ0v) is 46.7. The number of anilines is 3. The average Bonchev–Trinajstić information content (AvgIpc) is 3.44. The van der Waals surface area contributed by atoms with Crippen LogP contribution in [0.4, 0.5) is 30.2 Å². The molecule has 9 heterocycles. The van der Waals surface area contributed by atoms with Gasteiger partial charge in [-0.15, -0.1) is 35.3 Å². The second-order valence-electron chi connectivity index (χ2n) is 19.3. The third-order valence-corrected chi connectivity index (χ3v) is 17.8. The van der Waals surface area contributed by atoms with Crippen LogP contribution in [0.15, 0.2) is 65.9 Å². The standard InChI is InChI=1S/3C17H18FN3O3S.Ga/c3*1-19-2-4-20(5-3-19)14-12(18)8-10-13-16(14)25-7-6-21(13)9-11(15(10)22)17(23)24;/h3*8-9H,2-7H2,1H3,(H,23,24);/q;;;+3/p-3. The molecule has 0 unspecified atom stereocenters. The van der Waals surface area contributed by atoms with Crippen LogP contribution in [0.1, 0.15) is 31.1 Å². The number of carbonyl (C=O) groups is 3. The van der Waals surface area contributed by atoms with Gasteiger partial charge in [0.25, 0.3) is 0 Å². The van der Waals surface area contributed by atoms with E-state index in [1.165, 1.54) is 72.1 Å². The SMILES string of the molecule is CN1CCN(c2c(F)cc3c(=O)c(C(=O)[O-])cn4c3c2SCC4)CC1.CN1CCN(c2c(F)cc3c(=O)c(C(=O)[O-])cn4c3c2SCC4)CC1.CN1CCN(c2c(F)cc3c(=O)c(C(=O)[O-])cn4c3c2SCC4)CC1.[Ga+3]. The number of thioether (sulfide) groups is 3. The van der Waals surface area contributed by atoms with Gasteiger partial charge < -0.3 is 72.8 Å². The van der Waals surface area contributed by atoms with Crippen molar-refractivity contribution in [3.05, 3.63) is 102 Å². The van der Waals surface area contributed by atoms with E-state index in [1.54, 1.807) is 13.7 Å². The summed E-state index contributed by atoms with van der Waals surface area (Å²) in [6.45, 7) is 11.1. The Balaban J connectivity index is 0.000000138. The number of aromatic carboxylic acids is 3. The van der Waals surface area contributed by atoms with Crippen molar-refractivity contribution in [2.24, 2.45) is 0 Å². The molecule has 0 radical (unpaired) electrons. The van der Waals surface area contributed by atoms with Crippen LogP contribution in [0.25, 0.3) is 32.7 Å². The van der Waals surface area contributed by atoms with Crippen LogP contribution in [0, 0.1) is 17.5 Å². The number of piperazine rings is 3. The zero-order chi connectivity index (χ0) is 53.1. The van der Waals surface area contributed by atoms with Gasteiger partial charge in [-0.05, 0) is 39.3 Å². The molecule has 3 aromatic heterocycles. The molecular weight excluding hydrogens is 1110 g/mol. The Bertz CT molecular complexity index is 3180. The Morgan fingerprint density at radius 2 is 0.658 bits per heavy atom. The first-order chi connectivity index (χ1) is 35.9. The summed E-state index contributed by atoms with van der Waals surface area (Å²) in [5, 5.41) is 34.0. The van der Waals surface area contributed by atoms with Crippen LogP contribution in [0.5, 0.6) is 0 Å². The van der Waals surface area contributed by atoms with Gasteiger partial charge in [-0.2, -0.15) is 0 Å². The monoisotopic (exact) mass is 1160 g/mol. The Labute approximate surface area is 459 Å². The quantitative estimate of drug-likeness (QED) is 0.211. The summed E-state index contributed by atoms with van der Waals surface area (Å²) in [4.78, 5) is 85.9. The number of carboxylic acid groups (broad SMARTS) is 3. The van der Waals surface area contributed by atoms with Gasteiger partial charge in [-0.1, -0.05) is 0 Å². The molecule has 0 amide bonds. The maximum atomic E-state index is 14.9. The number of rotatable bonds is 6. The maximum Gasteiger partial charge on any atom is 3.00 e. The number of likely N-dealkylation sites (N-methyl/N-ethyl adjacent to an activating group) is 3. The molecule has 3 saturated heterocycles. The molecule has 12 rings (SSSR count). The Morgan fingerprint density at radius 1 is 0.421 bits per heavy atom. The third-order valence-electron chi connectivity index (χ3n) is 14.6. The largest absolute Gasteiger partial charge is 3.00 e. The van der Waals surface area contributed by atoms with Crippen molar-refractivity contribution in [3.63, 3.8) is 0 Å². The second kappa shape index (κ2) is 22.4. The molecule has 6 aliphatic heterocycles. The topological polar surface area (TPSA) is 206 Å². The predicted molar refractivity (Wildman–Crippen MR) is 285 cm³/mol. The number of aryl methyl sites for hydroxylation is 3. The number of halogens is 3. The smallest absolute Gasteiger partial charge is 0.545 e. The summed E-state index contributed by atoms with van der Waals surface area (Å²) in [6.07, 6.45) is 3.98. The van der Waals surface area contributed by atoms with Crippen LogP contribution >= 0.6 is 35.3 Å². The molecule has 18 nitrogen and oxygen atoms in total. The van der Waals surface area contributed by atoms with E-state index in [2.05, 4.69) is 14.7 Å². The molecule has 0 N–H and O–H groups in total. The van der Waals surface area contributed by atoms with E-state index in [0.717, 1.165) is 54.0 Å². The van der Waals surface area contributed by atoms with Crippen molar-refractivity contribution < 1.29 is 42.9 Å². The summed E-state index contributed by atoms with van der Waals surface area (Å²) >= 11 is 4.56. The molecule has 0 bridgehead atoms. The first kappa shape index (κ1) is 55.2. The molecule has 25 heteroatoms. The number of nitrogens with zero attached hydrogens (tertiary/aromatic N) is 9. The fourth-order valence-corrected chi connectivity index (χ4v) is 14.2. The van der Waals surface area contributed by atoms with Gasteiger partial charge in [0.15, 0.2) is 16.3 Å². The molecule has 0 atom stereocenters. The third kappa shape index (κ3) is 10.2. The molecular formula is C51H51F3GaN9O9S3. The van der Waals surface area contributed by atoms with E-state index in [9.17, 15) is 57.3 Å². The van der Waals surface area contributed by atoms with Gasteiger partial charge in [-0.3, -0.25) is 14.4 Å². The van der Waals surface area contributed by atoms with Crippen molar-refractivity contribution in [2.75, 3.05) is 132 Å². The maximum absolute atomic E-state index is 14.9. The number of hydrogen-bond donors (Lipinski definition) is 0. The van der Waals surface area contributed by atoms with Gasteiger partial charge in [0.05, 0.1) is 99.1 Å². The van der Waals surface area contributed by atoms with E-state index < -0.39 is 68.3 Å². The molecule has 6 aromatic rings. The zero-order valence-electron chi connectivity index (χ0n) is 41.8. The molecule has 76 heavy (non-hydrogen) atoms. The normalized spacial score (nSPS) is 17.7. The van der Waals surface area contributed by atoms with E-state index in [-0.39, 0.29) is 35.9 Å². The molecule has 0 aliphatic carbocycles. The minimum atomic E-state index is -1.53. The van der Waals surface area contributed by atoms with Crippen LogP contribution in [-0.2, 0) is 19.6 Å². The number of pyridine rings is 3. The summed E-state index contributed by atoms with van der Waals surface area (Å²) in [5.74, 6) is -3.91. The molecule has 396 valence electrons. The number of carboxylic acids is 3. The van der Waals surface area contributed by atoms with Crippen molar-refractivity contribution in [2.45, 2.75) is 34.3 Å². The van der Waals surface area contributed by atoms with E-state index in [1.807, 2.05) is 35.8 Å². The average molecular weight is 1160 g/mol. The van der Waals surface area contributed by atoms with E-state index in [4.69, 9.17) is 0 Å². The van der Waals surface area contributed by atoms with Gasteiger partial charge in [0.2, 0.25) is 0 Å². The molecule has 0 spiro atoms. The minimum absolute atomic E-state index is 0. The minimum Gasteiger partial charge on any atom is -0.545 e. The van der Waals surface area contributed by atoms with E-state index in [0.29, 0.717) is 110 Å². The predicted octanol–water partition coefficient (Wildman–Crippen LogP) is 0.704. The van der Waals surface area contributed by atoms with Crippen molar-refractivity contribution in [1.82, 2.24) is 28.4 Å². The number of benzene rings is 3. The Morgan fingerprint density at radius 3 is 0.882 bits per heavy atom. The fraction of sp³-hybridized carbons (Fsp3) is 0.412. The van der Waals surface area contributed by atoms with Crippen LogP contribution < -0.4 is 46.3 Å². The van der Waals surface area contributed by atoms with Crippen molar-refractivity contribution >= 4 is 123 Å². The summed E-state index contributed by atoms with van der Waals surface area (Å²) < 4.78 is 50.0. The second-order valence-corrected chi connectivity index (χ2v) is 22.6. The molecule has 3 fully saturated rings. The van der Waals surface area contributed by atoms with Crippen LogP contribution in [0.2, 0.25) is 0 Å². The molecule has 6 aliphatic rings. The molecule has 0 saturated carbocycles. The number of carbonyl (C=O) groups excluding carboxylic acids is 3. The summed E-state index contributed by atoms with van der Waals surface area (Å²) in [6, 6.07) is 3.55. The van der Waals surface area contributed by atoms with Gasteiger partial charge in [-0.25, -0.2) is 13.2 Å². The van der Waals surface area contributed by atoms with Crippen LogP contribution in [-0.4, -0.2) is 183 Å². The number of hydrogen-bond acceptors (Lipinski definition) is 18. The summed E-state index contributed by atoms with van der Waals surface area (Å²) in [7, 11) is 6.10. The van der Waals surface area contributed by atoms with Crippen molar-refractivity contribution in [1.29, 1.82) is 0 Å². The number of aromatic nitrogens is 3. The van der Waals surface area contributed by atoms with Gasteiger partial charge in [0.1, 0.15) is 17.5 Å². The Kier molecular flexibility index (Phi) is 16.3. The fourth-order valence-electron chi connectivity index (χ4n) is 10.6. The van der Waals surface area contributed by atoms with Gasteiger partial charge in [0, 0.05) is 134 Å². The first-order valence-electron chi connectivity index (χ1n) is 24.4. The van der Waals surface area contributed by atoms with Crippen molar-refractivity contribution in [3.8, 4) is 0 Å². The summed E-state index contributed by atoms with van der Waals surface area (Å²) in [5.41, 5.74) is 0.159. The van der Waals surface area contributed by atoms with E-state index >= 15 is 0 Å². The van der Waals surface area contributed by atoms with Crippen LogP contribution in [0.3, 0.4) is 0 Å².